The summed E-state index contributed by atoms with van der Waals surface area (Å²) in [4.78, 5) is 0. The van der Waals surface area contributed by atoms with Gasteiger partial charge in [-0.05, 0) is 49.8 Å². The smallest absolute Gasteiger partial charge is 0.385 e. The average molecular weight is 299 g/mol. The van der Waals surface area contributed by atoms with Gasteiger partial charge >= 0.3 is 6.18 Å². The largest absolute Gasteiger partial charge is 0.416 e. The van der Waals surface area contributed by atoms with Crippen molar-refractivity contribution in [1.82, 2.24) is 5.32 Å². The minimum absolute atomic E-state index is 0.178. The maximum Gasteiger partial charge on any atom is 0.416 e. The Labute approximate surface area is 122 Å². The number of aryl methyl sites for hydroxylation is 1. The van der Waals surface area contributed by atoms with Gasteiger partial charge < -0.3 is 10.4 Å². The standard InChI is InChI=1S/C16H20F3NO/c1-10-7-11(5-6-14(10)16(17,18)19)15(21)8-12-3-2-4-13(9-15)20-12/h5-7,12-13,20-21H,2-4,8-9H2,1H3. The second kappa shape index (κ2) is 4.99. The highest BCUT2D eigenvalue weighted by molar-refractivity contribution is 5.36. The highest BCUT2D eigenvalue weighted by atomic mass is 19.4. The van der Waals surface area contributed by atoms with Crippen LogP contribution in [0.3, 0.4) is 0 Å². The predicted molar refractivity (Wildman–Crippen MR) is 73.9 cm³/mol. The molecule has 5 heteroatoms. The normalized spacial score (nSPS) is 33.0. The van der Waals surface area contributed by atoms with E-state index in [0.29, 0.717) is 18.4 Å². The number of halogens is 3. The van der Waals surface area contributed by atoms with Crippen molar-refractivity contribution in [2.75, 3.05) is 0 Å². The van der Waals surface area contributed by atoms with Gasteiger partial charge in [0, 0.05) is 12.1 Å². The summed E-state index contributed by atoms with van der Waals surface area (Å²) in [5.41, 5.74) is -0.830. The Morgan fingerprint density at radius 2 is 1.81 bits per heavy atom. The quantitative estimate of drug-likeness (QED) is 0.832. The number of hydrogen-bond donors (Lipinski definition) is 2. The Morgan fingerprint density at radius 1 is 1.19 bits per heavy atom. The first-order valence-electron chi connectivity index (χ1n) is 7.45. The van der Waals surface area contributed by atoms with Crippen molar-refractivity contribution >= 4 is 0 Å². The lowest BCUT2D eigenvalue weighted by atomic mass is 9.73. The Hall–Kier alpha value is -1.07. The number of piperidine rings is 2. The first kappa shape index (κ1) is 14.9. The van der Waals surface area contributed by atoms with Gasteiger partial charge in [0.15, 0.2) is 0 Å². The number of nitrogens with one attached hydrogen (secondary N) is 1. The second-order valence-electron chi connectivity index (χ2n) is 6.46. The molecule has 3 rings (SSSR count). The van der Waals surface area contributed by atoms with E-state index < -0.39 is 17.3 Å². The van der Waals surface area contributed by atoms with Crippen LogP contribution in [0.15, 0.2) is 18.2 Å². The minimum Gasteiger partial charge on any atom is -0.385 e. The van der Waals surface area contributed by atoms with Crippen LogP contribution >= 0.6 is 0 Å². The summed E-state index contributed by atoms with van der Waals surface area (Å²) in [7, 11) is 0. The SMILES string of the molecule is Cc1cc(C2(O)CC3CCCC(C2)N3)ccc1C(F)(F)F. The molecule has 116 valence electrons. The molecule has 2 unspecified atom stereocenters. The molecular formula is C16H20F3NO. The van der Waals surface area contributed by atoms with Crippen LogP contribution in [0.2, 0.25) is 0 Å². The van der Waals surface area contributed by atoms with E-state index in [1.54, 1.807) is 0 Å². The lowest BCUT2D eigenvalue weighted by Crippen LogP contribution is -2.54. The zero-order chi connectivity index (χ0) is 15.3. The van der Waals surface area contributed by atoms with Crippen LogP contribution in [0.25, 0.3) is 0 Å². The maximum absolute atomic E-state index is 12.8. The van der Waals surface area contributed by atoms with Gasteiger partial charge in [0.25, 0.3) is 0 Å². The van der Waals surface area contributed by atoms with Gasteiger partial charge in [-0.2, -0.15) is 13.2 Å². The lowest BCUT2D eigenvalue weighted by Gasteiger charge is -2.45. The fourth-order valence-corrected chi connectivity index (χ4v) is 3.84. The Morgan fingerprint density at radius 3 is 2.33 bits per heavy atom. The summed E-state index contributed by atoms with van der Waals surface area (Å²) in [6.45, 7) is 1.46. The highest BCUT2D eigenvalue weighted by Crippen LogP contribution is 2.41. The van der Waals surface area contributed by atoms with E-state index in [0.717, 1.165) is 25.3 Å². The highest BCUT2D eigenvalue weighted by Gasteiger charge is 2.42. The molecule has 0 radical (unpaired) electrons. The van der Waals surface area contributed by atoms with Gasteiger partial charge in [0.2, 0.25) is 0 Å². The molecular weight excluding hydrogens is 279 g/mol. The molecule has 2 heterocycles. The van der Waals surface area contributed by atoms with Gasteiger partial charge in [-0.15, -0.1) is 0 Å². The zero-order valence-electron chi connectivity index (χ0n) is 12.0. The first-order valence-corrected chi connectivity index (χ1v) is 7.45. The fourth-order valence-electron chi connectivity index (χ4n) is 3.84. The number of alkyl halides is 3. The summed E-state index contributed by atoms with van der Waals surface area (Å²) in [6, 6.07) is 4.58. The zero-order valence-corrected chi connectivity index (χ0v) is 12.0. The van der Waals surface area contributed by atoms with Gasteiger partial charge in [0.05, 0.1) is 11.2 Å². The molecule has 2 atom stereocenters. The molecule has 1 aromatic carbocycles. The van der Waals surface area contributed by atoms with Gasteiger partial charge in [-0.25, -0.2) is 0 Å². The van der Waals surface area contributed by atoms with E-state index in [1.165, 1.54) is 19.1 Å². The van der Waals surface area contributed by atoms with Crippen molar-refractivity contribution in [3.63, 3.8) is 0 Å². The van der Waals surface area contributed by atoms with E-state index in [4.69, 9.17) is 0 Å². The predicted octanol–water partition coefficient (Wildman–Crippen LogP) is 3.51. The van der Waals surface area contributed by atoms with E-state index in [2.05, 4.69) is 5.32 Å². The van der Waals surface area contributed by atoms with Crippen LogP contribution in [-0.4, -0.2) is 17.2 Å². The average Bonchev–Trinajstić information content (AvgIpc) is 2.36. The van der Waals surface area contributed by atoms with E-state index in [1.807, 2.05) is 0 Å². The lowest BCUT2D eigenvalue weighted by molar-refractivity contribution is -0.138. The molecule has 2 aliphatic heterocycles. The van der Waals surface area contributed by atoms with E-state index >= 15 is 0 Å². The Balaban J connectivity index is 1.91. The topological polar surface area (TPSA) is 32.3 Å². The third kappa shape index (κ3) is 2.81. The molecule has 2 fully saturated rings. The van der Waals surface area contributed by atoms with Crippen molar-refractivity contribution in [2.24, 2.45) is 0 Å². The third-order valence-electron chi connectivity index (χ3n) is 4.81. The Bertz CT molecular complexity index is 529. The number of rotatable bonds is 1. The molecule has 0 aromatic heterocycles. The van der Waals surface area contributed by atoms with Crippen molar-refractivity contribution < 1.29 is 18.3 Å². The minimum atomic E-state index is -4.34. The third-order valence-corrected chi connectivity index (χ3v) is 4.81. The number of hydrogen-bond acceptors (Lipinski definition) is 2. The second-order valence-corrected chi connectivity index (χ2v) is 6.46. The number of benzene rings is 1. The van der Waals surface area contributed by atoms with Crippen LogP contribution in [0, 0.1) is 6.92 Å². The van der Waals surface area contributed by atoms with Gasteiger partial charge in [0.1, 0.15) is 0 Å². The van der Waals surface area contributed by atoms with Gasteiger partial charge in [-0.3, -0.25) is 0 Å². The molecule has 2 aliphatic rings. The molecule has 0 saturated carbocycles. The summed E-state index contributed by atoms with van der Waals surface area (Å²) in [5, 5.41) is 14.4. The van der Waals surface area contributed by atoms with Crippen molar-refractivity contribution in [2.45, 2.75) is 62.9 Å². The molecule has 0 spiro atoms. The fraction of sp³-hybridized carbons (Fsp3) is 0.625. The van der Waals surface area contributed by atoms with Crippen LogP contribution in [-0.2, 0) is 11.8 Å². The molecule has 2 bridgehead atoms. The van der Waals surface area contributed by atoms with Crippen molar-refractivity contribution in [3.05, 3.63) is 34.9 Å². The van der Waals surface area contributed by atoms with Crippen LogP contribution in [0.4, 0.5) is 13.2 Å². The van der Waals surface area contributed by atoms with Gasteiger partial charge in [-0.1, -0.05) is 18.6 Å². The monoisotopic (exact) mass is 299 g/mol. The molecule has 2 nitrogen and oxygen atoms in total. The van der Waals surface area contributed by atoms with Crippen LogP contribution < -0.4 is 5.32 Å². The molecule has 21 heavy (non-hydrogen) atoms. The van der Waals surface area contributed by atoms with Crippen LogP contribution in [0.1, 0.15) is 48.8 Å². The molecule has 2 N–H and O–H groups in total. The molecule has 1 aromatic rings. The summed E-state index contributed by atoms with van der Waals surface area (Å²) in [5.74, 6) is 0. The van der Waals surface area contributed by atoms with E-state index in [9.17, 15) is 18.3 Å². The van der Waals surface area contributed by atoms with E-state index in [-0.39, 0.29) is 17.6 Å². The summed E-state index contributed by atoms with van der Waals surface area (Å²) < 4.78 is 38.5. The molecule has 0 amide bonds. The van der Waals surface area contributed by atoms with Crippen molar-refractivity contribution in [3.8, 4) is 0 Å². The number of fused-ring (bicyclic) bond motifs is 2. The molecule has 0 aliphatic carbocycles. The van der Waals surface area contributed by atoms with Crippen LogP contribution in [0.5, 0.6) is 0 Å². The first-order chi connectivity index (χ1) is 9.78. The summed E-state index contributed by atoms with van der Waals surface area (Å²) >= 11 is 0. The number of aliphatic hydroxyl groups is 1. The summed E-state index contributed by atoms with van der Waals surface area (Å²) in [6.07, 6.45) is 0.0276. The Kier molecular flexibility index (Phi) is 3.53. The maximum atomic E-state index is 12.8. The van der Waals surface area contributed by atoms with Crippen molar-refractivity contribution in [1.29, 1.82) is 0 Å². The molecule has 2 saturated heterocycles.